The topological polar surface area (TPSA) is 61.3 Å². The molecule has 3 heterocycles. The minimum atomic E-state index is -4.50. The maximum Gasteiger partial charge on any atom is 0.416 e. The zero-order chi connectivity index (χ0) is 19.2. The summed E-state index contributed by atoms with van der Waals surface area (Å²) in [7, 11) is 0. The van der Waals surface area contributed by atoms with Crippen LogP contribution in [0.4, 0.5) is 19.0 Å². The first-order valence-corrected chi connectivity index (χ1v) is 9.10. The predicted octanol–water partition coefficient (Wildman–Crippen LogP) is 3.29. The summed E-state index contributed by atoms with van der Waals surface area (Å²) in [5.74, 6) is 0.416. The van der Waals surface area contributed by atoms with Gasteiger partial charge < -0.3 is 15.3 Å². The van der Waals surface area contributed by atoms with Gasteiger partial charge in [-0.15, -0.1) is 10.2 Å². The molecule has 0 spiro atoms. The molecule has 144 valence electrons. The van der Waals surface area contributed by atoms with E-state index >= 15 is 0 Å². The molecule has 0 aliphatic carbocycles. The van der Waals surface area contributed by atoms with Gasteiger partial charge in [-0.3, -0.25) is 0 Å². The van der Waals surface area contributed by atoms with Gasteiger partial charge in [-0.2, -0.15) is 13.2 Å². The maximum absolute atomic E-state index is 12.9. The summed E-state index contributed by atoms with van der Waals surface area (Å²) in [6.45, 7) is 4.35. The number of phenols is 1. The van der Waals surface area contributed by atoms with Gasteiger partial charge in [0.2, 0.25) is 0 Å². The van der Waals surface area contributed by atoms with E-state index in [-0.39, 0.29) is 0 Å². The summed E-state index contributed by atoms with van der Waals surface area (Å²) in [6, 6.07) is 4.01. The van der Waals surface area contributed by atoms with E-state index in [0.29, 0.717) is 22.9 Å². The van der Waals surface area contributed by atoms with Crippen LogP contribution in [0.2, 0.25) is 0 Å². The smallest absolute Gasteiger partial charge is 0.416 e. The highest BCUT2D eigenvalue weighted by Gasteiger charge is 2.33. The molecule has 2 aliphatic rings. The van der Waals surface area contributed by atoms with E-state index in [2.05, 4.69) is 20.4 Å². The van der Waals surface area contributed by atoms with Crippen LogP contribution in [0.1, 0.15) is 29.5 Å². The Morgan fingerprint density at radius 3 is 2.70 bits per heavy atom. The highest BCUT2D eigenvalue weighted by Crippen LogP contribution is 2.39. The van der Waals surface area contributed by atoms with Crippen LogP contribution in [-0.2, 0) is 12.6 Å². The molecule has 1 atom stereocenters. The Hall–Kier alpha value is -2.35. The first kappa shape index (κ1) is 18.0. The average molecular weight is 378 g/mol. The van der Waals surface area contributed by atoms with E-state index in [1.165, 1.54) is 0 Å². The van der Waals surface area contributed by atoms with Gasteiger partial charge in [-0.1, -0.05) is 0 Å². The zero-order valence-electron chi connectivity index (χ0n) is 15.0. The number of alkyl halides is 3. The molecule has 0 unspecified atom stereocenters. The highest BCUT2D eigenvalue weighted by atomic mass is 19.4. The molecule has 4 rings (SSSR count). The van der Waals surface area contributed by atoms with E-state index < -0.39 is 17.5 Å². The molecule has 1 aromatic carbocycles. The Kier molecular flexibility index (Phi) is 4.46. The second-order valence-electron chi connectivity index (χ2n) is 7.21. The zero-order valence-corrected chi connectivity index (χ0v) is 15.0. The fourth-order valence-corrected chi connectivity index (χ4v) is 4.04. The van der Waals surface area contributed by atoms with Crippen molar-refractivity contribution in [1.29, 1.82) is 0 Å². The summed E-state index contributed by atoms with van der Waals surface area (Å²) in [6.07, 6.45) is -1.46. The van der Waals surface area contributed by atoms with Crippen LogP contribution in [0.25, 0.3) is 11.3 Å². The van der Waals surface area contributed by atoms with Crippen molar-refractivity contribution in [3.05, 3.63) is 34.9 Å². The van der Waals surface area contributed by atoms with Gasteiger partial charge in [0.15, 0.2) is 5.82 Å². The normalized spacial score (nSPS) is 20.0. The lowest BCUT2D eigenvalue weighted by Crippen LogP contribution is -2.45. The molecule has 0 radical (unpaired) electrons. The number of aromatic nitrogens is 2. The van der Waals surface area contributed by atoms with Crippen molar-refractivity contribution in [2.45, 2.75) is 38.4 Å². The fourth-order valence-electron chi connectivity index (χ4n) is 4.04. The molecule has 1 fully saturated rings. The number of hydrogen-bond acceptors (Lipinski definition) is 5. The second-order valence-corrected chi connectivity index (χ2v) is 7.21. The van der Waals surface area contributed by atoms with Crippen molar-refractivity contribution in [2.75, 3.05) is 24.5 Å². The van der Waals surface area contributed by atoms with E-state index in [1.807, 2.05) is 6.07 Å². The van der Waals surface area contributed by atoms with Crippen molar-refractivity contribution in [2.24, 2.45) is 0 Å². The van der Waals surface area contributed by atoms with Crippen LogP contribution in [0.15, 0.2) is 18.2 Å². The van der Waals surface area contributed by atoms with Gasteiger partial charge in [-0.25, -0.2) is 0 Å². The van der Waals surface area contributed by atoms with E-state index in [4.69, 9.17) is 0 Å². The summed E-state index contributed by atoms with van der Waals surface area (Å²) >= 11 is 0. The third-order valence-electron chi connectivity index (χ3n) is 5.35. The predicted molar refractivity (Wildman–Crippen MR) is 95.8 cm³/mol. The summed E-state index contributed by atoms with van der Waals surface area (Å²) in [5, 5.41) is 22.2. The Morgan fingerprint density at radius 1 is 1.22 bits per heavy atom. The number of rotatable bonds is 2. The molecule has 8 heteroatoms. The van der Waals surface area contributed by atoms with Crippen molar-refractivity contribution < 1.29 is 18.3 Å². The number of phenolic OH excluding ortho intramolecular Hbond substituents is 1. The Balaban J connectivity index is 1.67. The molecule has 0 amide bonds. The van der Waals surface area contributed by atoms with Crippen LogP contribution in [0.3, 0.4) is 0 Å². The van der Waals surface area contributed by atoms with Crippen LogP contribution in [0, 0.1) is 6.92 Å². The molecule has 2 N–H and O–H groups in total. The quantitative estimate of drug-likeness (QED) is 0.840. The third kappa shape index (κ3) is 3.34. The SMILES string of the molecule is Cc1cc(C(F)(F)F)cc(O)c1-c1cc2c(nn1)N([C@H]1CCCNC1)CC2. The lowest BCUT2D eigenvalue weighted by molar-refractivity contribution is -0.137. The van der Waals surface area contributed by atoms with Crippen molar-refractivity contribution in [3.63, 3.8) is 0 Å². The number of nitrogens with one attached hydrogen (secondary N) is 1. The van der Waals surface area contributed by atoms with Gasteiger partial charge in [0.05, 0.1) is 11.3 Å². The van der Waals surface area contributed by atoms with Gasteiger partial charge >= 0.3 is 6.18 Å². The van der Waals surface area contributed by atoms with Crippen molar-refractivity contribution >= 4 is 5.82 Å². The van der Waals surface area contributed by atoms with Crippen molar-refractivity contribution in [3.8, 4) is 17.0 Å². The average Bonchev–Trinajstić information content (AvgIpc) is 3.04. The molecule has 2 aliphatic heterocycles. The monoisotopic (exact) mass is 378 g/mol. The lowest BCUT2D eigenvalue weighted by Gasteiger charge is -2.32. The maximum atomic E-state index is 12.9. The molecule has 27 heavy (non-hydrogen) atoms. The number of nitrogens with zero attached hydrogens (tertiary/aromatic N) is 3. The van der Waals surface area contributed by atoms with Crippen LogP contribution in [0.5, 0.6) is 5.75 Å². The largest absolute Gasteiger partial charge is 0.507 e. The molecule has 1 aromatic heterocycles. The number of hydrogen-bond donors (Lipinski definition) is 2. The number of aromatic hydroxyl groups is 1. The summed E-state index contributed by atoms with van der Waals surface area (Å²) in [4.78, 5) is 2.26. The molecule has 5 nitrogen and oxygen atoms in total. The summed E-state index contributed by atoms with van der Waals surface area (Å²) in [5.41, 5.74) is 1.18. The molecule has 2 aromatic rings. The third-order valence-corrected chi connectivity index (χ3v) is 5.35. The minimum absolute atomic E-state index is 0.302. The van der Waals surface area contributed by atoms with Gasteiger partial charge in [0, 0.05) is 30.3 Å². The number of fused-ring (bicyclic) bond motifs is 1. The highest BCUT2D eigenvalue weighted by molar-refractivity contribution is 5.73. The van der Waals surface area contributed by atoms with Gasteiger partial charge in [-0.05, 0) is 56.5 Å². The van der Waals surface area contributed by atoms with Crippen molar-refractivity contribution in [1.82, 2.24) is 15.5 Å². The Morgan fingerprint density at radius 2 is 2.04 bits per heavy atom. The van der Waals surface area contributed by atoms with Gasteiger partial charge in [0.1, 0.15) is 5.75 Å². The molecular formula is C19H21F3N4O. The number of benzene rings is 1. The van der Waals surface area contributed by atoms with E-state index in [1.54, 1.807) is 6.92 Å². The number of anilines is 1. The van der Waals surface area contributed by atoms with E-state index in [9.17, 15) is 18.3 Å². The molecule has 0 bridgehead atoms. The number of aryl methyl sites for hydroxylation is 1. The Bertz CT molecular complexity index is 840. The summed E-state index contributed by atoms with van der Waals surface area (Å²) < 4.78 is 38.8. The Labute approximate surface area is 155 Å². The fraction of sp³-hybridized carbons (Fsp3) is 0.474. The second kappa shape index (κ2) is 6.67. The number of halogens is 3. The molecule has 1 saturated heterocycles. The lowest BCUT2D eigenvalue weighted by atomic mass is 9.99. The van der Waals surface area contributed by atoms with Gasteiger partial charge in [0.25, 0.3) is 0 Å². The molecular weight excluding hydrogens is 357 g/mol. The van der Waals surface area contributed by atoms with Crippen LogP contribution in [-0.4, -0.2) is 41.0 Å². The minimum Gasteiger partial charge on any atom is -0.507 e. The van der Waals surface area contributed by atoms with Crippen LogP contribution >= 0.6 is 0 Å². The molecule has 0 saturated carbocycles. The first-order valence-electron chi connectivity index (χ1n) is 9.10. The standard InChI is InChI=1S/C19H21F3N4O/c1-11-7-13(19(20,21)22)9-16(27)17(11)15-8-12-4-6-26(18(12)25-24-15)14-3-2-5-23-10-14/h7-9,14,23,27H,2-6,10H2,1H3/t14-/m0/s1. The van der Waals surface area contributed by atoms with E-state index in [0.717, 1.165) is 62.4 Å². The van der Waals surface area contributed by atoms with Crippen LogP contribution < -0.4 is 10.2 Å². The first-order chi connectivity index (χ1) is 12.8. The number of piperidine rings is 1.